The molecule has 0 bridgehead atoms. The number of ether oxygens (including phenoxy) is 2. The Morgan fingerprint density at radius 1 is 1.08 bits per heavy atom. The maximum absolute atomic E-state index is 12.8. The Morgan fingerprint density at radius 2 is 1.72 bits per heavy atom. The van der Waals surface area contributed by atoms with Crippen LogP contribution in [0.3, 0.4) is 0 Å². The average Bonchev–Trinajstić information content (AvgIpc) is 3.27. The van der Waals surface area contributed by atoms with Crippen LogP contribution in [0.4, 0.5) is 5.69 Å². The minimum Gasteiger partial charge on any atom is -0.495 e. The van der Waals surface area contributed by atoms with E-state index in [1.54, 1.807) is 12.1 Å². The predicted octanol–water partition coefficient (Wildman–Crippen LogP) is 3.13. The van der Waals surface area contributed by atoms with Crippen molar-refractivity contribution < 1.29 is 19.1 Å². The molecule has 2 amide bonds. The summed E-state index contributed by atoms with van der Waals surface area (Å²) in [6, 6.07) is 3.38. The highest BCUT2D eigenvalue weighted by atomic mass is 35.5. The summed E-state index contributed by atoms with van der Waals surface area (Å²) in [5.74, 6) is 0.367. The SMILES string of the molecule is COc1cc(NC(=O)C2(C(=O)NC3CCCC3)CC2)c(OC)cc1Cl. The monoisotopic (exact) mass is 366 g/mol. The lowest BCUT2D eigenvalue weighted by molar-refractivity contribution is -0.134. The van der Waals surface area contributed by atoms with Gasteiger partial charge in [0, 0.05) is 18.2 Å². The molecule has 2 fully saturated rings. The van der Waals surface area contributed by atoms with Crippen LogP contribution in [0.25, 0.3) is 0 Å². The molecule has 1 aromatic carbocycles. The lowest BCUT2D eigenvalue weighted by Gasteiger charge is -2.20. The fourth-order valence-corrected chi connectivity index (χ4v) is 3.51. The lowest BCUT2D eigenvalue weighted by Crippen LogP contribution is -2.43. The number of benzene rings is 1. The first-order chi connectivity index (χ1) is 12.0. The Morgan fingerprint density at radius 3 is 2.28 bits per heavy atom. The zero-order valence-electron chi connectivity index (χ0n) is 14.5. The molecule has 0 radical (unpaired) electrons. The van der Waals surface area contributed by atoms with Crippen molar-refractivity contribution in [1.29, 1.82) is 0 Å². The van der Waals surface area contributed by atoms with Gasteiger partial charge in [-0.15, -0.1) is 0 Å². The summed E-state index contributed by atoms with van der Waals surface area (Å²) >= 11 is 6.08. The molecule has 0 atom stereocenters. The van der Waals surface area contributed by atoms with E-state index in [1.165, 1.54) is 14.2 Å². The van der Waals surface area contributed by atoms with Crippen LogP contribution in [0.5, 0.6) is 11.5 Å². The Labute approximate surface area is 152 Å². The van der Waals surface area contributed by atoms with Crippen molar-refractivity contribution >= 4 is 29.1 Å². The highest BCUT2D eigenvalue weighted by Gasteiger charge is 2.57. The third kappa shape index (κ3) is 3.54. The van der Waals surface area contributed by atoms with E-state index in [9.17, 15) is 9.59 Å². The average molecular weight is 367 g/mol. The molecular formula is C18H23ClN2O4. The van der Waals surface area contributed by atoms with Gasteiger partial charge in [0.15, 0.2) is 0 Å². The molecule has 2 aliphatic carbocycles. The summed E-state index contributed by atoms with van der Waals surface area (Å²) in [6.07, 6.45) is 5.37. The van der Waals surface area contributed by atoms with Gasteiger partial charge >= 0.3 is 0 Å². The number of carbonyl (C=O) groups is 2. The number of halogens is 1. The van der Waals surface area contributed by atoms with E-state index in [4.69, 9.17) is 21.1 Å². The molecule has 7 heteroatoms. The number of carbonyl (C=O) groups excluding carboxylic acids is 2. The second-order valence-corrected chi connectivity index (χ2v) is 7.09. The maximum Gasteiger partial charge on any atom is 0.240 e. The molecule has 2 saturated carbocycles. The van der Waals surface area contributed by atoms with Crippen molar-refractivity contribution in [3.63, 3.8) is 0 Å². The number of hydrogen-bond acceptors (Lipinski definition) is 4. The van der Waals surface area contributed by atoms with Crippen molar-refractivity contribution in [2.75, 3.05) is 19.5 Å². The minimum absolute atomic E-state index is 0.170. The van der Waals surface area contributed by atoms with Crippen molar-refractivity contribution in [1.82, 2.24) is 5.32 Å². The summed E-state index contributed by atoms with van der Waals surface area (Å²) in [7, 11) is 2.99. The Balaban J connectivity index is 1.74. The summed E-state index contributed by atoms with van der Waals surface area (Å²) in [4.78, 5) is 25.4. The summed E-state index contributed by atoms with van der Waals surface area (Å²) in [6.45, 7) is 0. The molecule has 2 aliphatic rings. The third-order valence-electron chi connectivity index (χ3n) is 5.03. The Bertz CT molecular complexity index is 682. The molecule has 3 rings (SSSR count). The molecule has 0 aliphatic heterocycles. The molecule has 25 heavy (non-hydrogen) atoms. The van der Waals surface area contributed by atoms with Gasteiger partial charge in [-0.05, 0) is 25.7 Å². The molecule has 6 nitrogen and oxygen atoms in total. The van der Waals surface area contributed by atoms with E-state index in [-0.39, 0.29) is 17.9 Å². The molecule has 0 unspecified atom stereocenters. The van der Waals surface area contributed by atoms with E-state index in [2.05, 4.69) is 10.6 Å². The van der Waals surface area contributed by atoms with Gasteiger partial charge in [0.2, 0.25) is 11.8 Å². The number of methoxy groups -OCH3 is 2. The van der Waals surface area contributed by atoms with Gasteiger partial charge < -0.3 is 20.1 Å². The van der Waals surface area contributed by atoms with Crippen molar-refractivity contribution in [2.45, 2.75) is 44.6 Å². The van der Waals surface area contributed by atoms with Crippen LogP contribution in [-0.2, 0) is 9.59 Å². The van der Waals surface area contributed by atoms with Crippen LogP contribution in [0, 0.1) is 5.41 Å². The van der Waals surface area contributed by atoms with Crippen molar-refractivity contribution in [2.24, 2.45) is 5.41 Å². The molecule has 2 N–H and O–H groups in total. The molecule has 0 saturated heterocycles. The number of anilines is 1. The highest BCUT2D eigenvalue weighted by molar-refractivity contribution is 6.32. The van der Waals surface area contributed by atoms with Gasteiger partial charge in [-0.1, -0.05) is 24.4 Å². The van der Waals surface area contributed by atoms with Crippen molar-refractivity contribution in [3.8, 4) is 11.5 Å². The van der Waals surface area contributed by atoms with E-state index in [0.717, 1.165) is 25.7 Å². The van der Waals surface area contributed by atoms with E-state index < -0.39 is 5.41 Å². The van der Waals surface area contributed by atoms with Gasteiger partial charge in [-0.3, -0.25) is 9.59 Å². The van der Waals surface area contributed by atoms with Crippen LogP contribution in [-0.4, -0.2) is 32.1 Å². The summed E-state index contributed by atoms with van der Waals surface area (Å²) < 4.78 is 10.5. The highest BCUT2D eigenvalue weighted by Crippen LogP contribution is 2.48. The third-order valence-corrected chi connectivity index (χ3v) is 5.33. The molecule has 0 heterocycles. The zero-order chi connectivity index (χ0) is 18.0. The standard InChI is InChI=1S/C18H23ClN2O4/c1-24-14-10-13(15(25-2)9-12(14)19)21-17(23)18(7-8-18)16(22)20-11-5-3-4-6-11/h9-11H,3-8H2,1-2H3,(H,20,22)(H,21,23). The van der Waals surface area contributed by atoms with E-state index >= 15 is 0 Å². The van der Waals surface area contributed by atoms with Gasteiger partial charge in [-0.25, -0.2) is 0 Å². The number of nitrogens with one attached hydrogen (secondary N) is 2. The van der Waals surface area contributed by atoms with Crippen LogP contribution < -0.4 is 20.1 Å². The molecule has 0 aromatic heterocycles. The Kier molecular flexibility index (Phi) is 5.08. The first-order valence-corrected chi connectivity index (χ1v) is 8.92. The summed E-state index contributed by atoms with van der Waals surface area (Å²) in [5.41, 5.74) is -0.533. The van der Waals surface area contributed by atoms with E-state index in [0.29, 0.717) is 35.1 Å². The van der Waals surface area contributed by atoms with Gasteiger partial charge in [0.05, 0.1) is 24.9 Å². The quantitative estimate of drug-likeness (QED) is 0.758. The van der Waals surface area contributed by atoms with Gasteiger partial charge in [-0.2, -0.15) is 0 Å². The van der Waals surface area contributed by atoms with Gasteiger partial charge in [0.25, 0.3) is 0 Å². The predicted molar refractivity (Wildman–Crippen MR) is 95.3 cm³/mol. The first kappa shape index (κ1) is 17.9. The van der Waals surface area contributed by atoms with Crippen molar-refractivity contribution in [3.05, 3.63) is 17.2 Å². The zero-order valence-corrected chi connectivity index (χ0v) is 15.2. The Hall–Kier alpha value is -1.95. The fraction of sp³-hybridized carbons (Fsp3) is 0.556. The smallest absolute Gasteiger partial charge is 0.240 e. The fourth-order valence-electron chi connectivity index (χ4n) is 3.28. The number of hydrogen-bond donors (Lipinski definition) is 2. The maximum atomic E-state index is 12.8. The van der Waals surface area contributed by atoms with Crippen LogP contribution >= 0.6 is 11.6 Å². The largest absolute Gasteiger partial charge is 0.495 e. The first-order valence-electron chi connectivity index (χ1n) is 8.54. The topological polar surface area (TPSA) is 76.7 Å². The molecule has 136 valence electrons. The normalized spacial score (nSPS) is 18.5. The number of amides is 2. The van der Waals surface area contributed by atoms with Crippen LogP contribution in [0.15, 0.2) is 12.1 Å². The lowest BCUT2D eigenvalue weighted by atomic mass is 10.0. The molecule has 0 spiro atoms. The molecular weight excluding hydrogens is 344 g/mol. The molecule has 1 aromatic rings. The van der Waals surface area contributed by atoms with Crippen LogP contribution in [0.2, 0.25) is 5.02 Å². The second kappa shape index (κ2) is 7.12. The second-order valence-electron chi connectivity index (χ2n) is 6.68. The van der Waals surface area contributed by atoms with Gasteiger partial charge in [0.1, 0.15) is 16.9 Å². The number of rotatable bonds is 6. The van der Waals surface area contributed by atoms with E-state index in [1.807, 2.05) is 0 Å². The minimum atomic E-state index is -0.972. The summed E-state index contributed by atoms with van der Waals surface area (Å²) in [5, 5.41) is 6.23. The van der Waals surface area contributed by atoms with Crippen LogP contribution in [0.1, 0.15) is 38.5 Å².